The van der Waals surface area contributed by atoms with Gasteiger partial charge in [-0.25, -0.2) is 15.0 Å². The van der Waals surface area contributed by atoms with Gasteiger partial charge in [-0.2, -0.15) is 0 Å². The molecule has 1 saturated heterocycles. The van der Waals surface area contributed by atoms with E-state index in [9.17, 15) is 15.3 Å². The third-order valence-electron chi connectivity index (χ3n) is 4.91. The van der Waals surface area contributed by atoms with Gasteiger partial charge in [-0.15, -0.1) is 0 Å². The number of nitrogens with zero attached hydrogens (tertiary/aromatic N) is 5. The number of anilines is 2. The number of benzene rings is 1. The van der Waals surface area contributed by atoms with Crippen LogP contribution < -0.4 is 4.90 Å². The van der Waals surface area contributed by atoms with Crippen molar-refractivity contribution in [3.05, 3.63) is 43.0 Å². The molecule has 148 valence electrons. The van der Waals surface area contributed by atoms with Crippen LogP contribution in [-0.2, 0) is 4.74 Å². The molecule has 1 fully saturated rings. The number of ether oxygens (including phenoxy) is 1. The van der Waals surface area contributed by atoms with E-state index in [4.69, 9.17) is 4.74 Å². The van der Waals surface area contributed by atoms with Crippen molar-refractivity contribution >= 4 is 22.7 Å². The van der Waals surface area contributed by atoms with Gasteiger partial charge in [0.15, 0.2) is 23.2 Å². The second-order valence-electron chi connectivity index (χ2n) is 7.05. The fraction of sp³-hybridized carbons (Fsp3) is 0.421. The largest absolute Gasteiger partial charge is 0.394 e. The van der Waals surface area contributed by atoms with Crippen LogP contribution in [0.3, 0.4) is 0 Å². The predicted molar refractivity (Wildman–Crippen MR) is 102 cm³/mol. The van der Waals surface area contributed by atoms with E-state index >= 15 is 0 Å². The van der Waals surface area contributed by atoms with Gasteiger partial charge < -0.3 is 25.0 Å². The molecule has 4 rings (SSSR count). The number of hydrogen-bond donors (Lipinski definition) is 3. The van der Waals surface area contributed by atoms with Crippen molar-refractivity contribution in [1.29, 1.82) is 0 Å². The molecule has 2 aromatic heterocycles. The molecule has 3 N–H and O–H groups in total. The Labute approximate surface area is 161 Å². The molecular weight excluding hydrogens is 362 g/mol. The summed E-state index contributed by atoms with van der Waals surface area (Å²) < 4.78 is 7.18. The van der Waals surface area contributed by atoms with Crippen molar-refractivity contribution in [3.8, 4) is 0 Å². The molecule has 0 radical (unpaired) electrons. The molecule has 0 aliphatic carbocycles. The van der Waals surface area contributed by atoms with Crippen molar-refractivity contribution < 1.29 is 20.1 Å². The highest BCUT2D eigenvalue weighted by Gasteiger charge is 2.44. The predicted octanol–water partition coefficient (Wildman–Crippen LogP) is 0.984. The Kier molecular flexibility index (Phi) is 4.98. The van der Waals surface area contributed by atoms with Crippen molar-refractivity contribution in [2.45, 2.75) is 44.4 Å². The average molecular weight is 385 g/mol. The minimum absolute atomic E-state index is 0.111. The lowest BCUT2D eigenvalue weighted by Gasteiger charge is -2.28. The van der Waals surface area contributed by atoms with E-state index in [0.717, 1.165) is 5.69 Å². The minimum atomic E-state index is -1.21. The maximum Gasteiger partial charge on any atom is 0.167 e. The third-order valence-corrected chi connectivity index (χ3v) is 4.91. The van der Waals surface area contributed by atoms with Crippen LogP contribution in [0, 0.1) is 0 Å². The van der Waals surface area contributed by atoms with Gasteiger partial charge in [0.1, 0.15) is 24.6 Å². The van der Waals surface area contributed by atoms with E-state index in [1.165, 1.54) is 12.7 Å². The van der Waals surface area contributed by atoms with E-state index in [1.54, 1.807) is 4.57 Å². The molecule has 3 heterocycles. The van der Waals surface area contributed by atoms with E-state index in [1.807, 2.05) is 30.3 Å². The molecule has 0 saturated carbocycles. The number of aliphatic hydroxyl groups is 3. The Morgan fingerprint density at radius 3 is 2.50 bits per heavy atom. The molecular formula is C19H23N5O4. The Balaban J connectivity index is 1.79. The van der Waals surface area contributed by atoms with Crippen LogP contribution in [0.2, 0.25) is 0 Å². The zero-order valence-electron chi connectivity index (χ0n) is 15.6. The molecule has 1 aromatic carbocycles. The van der Waals surface area contributed by atoms with Gasteiger partial charge in [0.05, 0.1) is 12.9 Å². The number of aromatic nitrogens is 4. The molecule has 28 heavy (non-hydrogen) atoms. The van der Waals surface area contributed by atoms with E-state index in [2.05, 4.69) is 33.7 Å². The molecule has 4 atom stereocenters. The molecule has 0 bridgehead atoms. The maximum atomic E-state index is 10.3. The van der Waals surface area contributed by atoms with Crippen LogP contribution in [-0.4, -0.2) is 65.8 Å². The summed E-state index contributed by atoms with van der Waals surface area (Å²) in [5.74, 6) is 0.636. The molecule has 1 aliphatic heterocycles. The Morgan fingerprint density at radius 1 is 1.11 bits per heavy atom. The summed E-state index contributed by atoms with van der Waals surface area (Å²) in [6.45, 7) is 3.73. The monoisotopic (exact) mass is 385 g/mol. The van der Waals surface area contributed by atoms with Crippen molar-refractivity contribution in [3.63, 3.8) is 0 Å². The maximum absolute atomic E-state index is 10.3. The first-order valence-corrected chi connectivity index (χ1v) is 9.17. The van der Waals surface area contributed by atoms with Gasteiger partial charge in [-0.05, 0) is 26.0 Å². The first kappa shape index (κ1) is 18.8. The van der Waals surface area contributed by atoms with Crippen molar-refractivity contribution in [2.24, 2.45) is 0 Å². The fourth-order valence-corrected chi connectivity index (χ4v) is 3.57. The first-order chi connectivity index (χ1) is 13.5. The number of aliphatic hydroxyl groups excluding tert-OH is 3. The average Bonchev–Trinajstić information content (AvgIpc) is 3.25. The van der Waals surface area contributed by atoms with Crippen LogP contribution >= 0.6 is 0 Å². The summed E-state index contributed by atoms with van der Waals surface area (Å²) in [4.78, 5) is 15.3. The highest BCUT2D eigenvalue weighted by molar-refractivity contribution is 5.86. The molecule has 1 unspecified atom stereocenters. The lowest BCUT2D eigenvalue weighted by molar-refractivity contribution is -0.0511. The summed E-state index contributed by atoms with van der Waals surface area (Å²) in [5.41, 5.74) is 2.00. The molecule has 0 spiro atoms. The smallest absolute Gasteiger partial charge is 0.167 e. The number of fused-ring (bicyclic) bond motifs is 1. The summed E-state index contributed by atoms with van der Waals surface area (Å²) in [6, 6.07) is 9.98. The van der Waals surface area contributed by atoms with Crippen LogP contribution in [0.25, 0.3) is 11.2 Å². The second-order valence-corrected chi connectivity index (χ2v) is 7.05. The molecule has 3 aromatic rings. The molecule has 9 heteroatoms. The van der Waals surface area contributed by atoms with Gasteiger partial charge in [0, 0.05) is 11.7 Å². The molecule has 9 nitrogen and oxygen atoms in total. The van der Waals surface area contributed by atoms with Crippen LogP contribution in [0.1, 0.15) is 20.1 Å². The van der Waals surface area contributed by atoms with Gasteiger partial charge in [-0.3, -0.25) is 4.57 Å². The van der Waals surface area contributed by atoms with Gasteiger partial charge in [0.2, 0.25) is 0 Å². The topological polar surface area (TPSA) is 117 Å². The third kappa shape index (κ3) is 3.02. The SMILES string of the molecule is CC(C)N(c1ccccc1)c1ncnc2c1ncn2C1O[C@H](CO)[C@@H](O)[C@H]1O. The highest BCUT2D eigenvalue weighted by Crippen LogP contribution is 2.34. The van der Waals surface area contributed by atoms with Gasteiger partial charge in [-0.1, -0.05) is 18.2 Å². The minimum Gasteiger partial charge on any atom is -0.394 e. The zero-order chi connectivity index (χ0) is 19.8. The van der Waals surface area contributed by atoms with Gasteiger partial charge >= 0.3 is 0 Å². The number of imidazole rings is 1. The number of hydrogen-bond acceptors (Lipinski definition) is 8. The normalized spacial score (nSPS) is 24.9. The second kappa shape index (κ2) is 7.44. The Bertz CT molecular complexity index is 948. The standard InChI is InChI=1S/C19H23N5O4/c1-11(2)24(12-6-4-3-5-7-12)18-14-17(20-9-21-18)23(10-22-14)19-16(27)15(26)13(8-25)28-19/h3-7,9-11,13,15-16,19,25-27H,8H2,1-2H3/t13-,15-,16-,19?/m1/s1. The summed E-state index contributed by atoms with van der Waals surface area (Å²) >= 11 is 0. The van der Waals surface area contributed by atoms with Crippen LogP contribution in [0.15, 0.2) is 43.0 Å². The first-order valence-electron chi connectivity index (χ1n) is 9.17. The fourth-order valence-electron chi connectivity index (χ4n) is 3.57. The van der Waals surface area contributed by atoms with Crippen molar-refractivity contribution in [2.75, 3.05) is 11.5 Å². The van der Waals surface area contributed by atoms with Crippen LogP contribution in [0.5, 0.6) is 0 Å². The number of para-hydroxylation sites is 1. The summed E-state index contributed by atoms with van der Waals surface area (Å²) in [5, 5.41) is 29.7. The lowest BCUT2D eigenvalue weighted by atomic mass is 10.1. The van der Waals surface area contributed by atoms with Crippen LogP contribution in [0.4, 0.5) is 11.5 Å². The molecule has 0 amide bonds. The highest BCUT2D eigenvalue weighted by atomic mass is 16.6. The zero-order valence-corrected chi connectivity index (χ0v) is 15.6. The van der Waals surface area contributed by atoms with E-state index in [-0.39, 0.29) is 6.04 Å². The number of rotatable bonds is 5. The molecule has 1 aliphatic rings. The Morgan fingerprint density at radius 2 is 1.86 bits per heavy atom. The summed E-state index contributed by atoms with van der Waals surface area (Å²) in [7, 11) is 0. The van der Waals surface area contributed by atoms with E-state index in [0.29, 0.717) is 17.0 Å². The summed E-state index contributed by atoms with van der Waals surface area (Å²) in [6.07, 6.45) is -1.21. The van der Waals surface area contributed by atoms with Crippen molar-refractivity contribution in [1.82, 2.24) is 19.5 Å². The Hall–Kier alpha value is -2.59. The lowest BCUT2D eigenvalue weighted by Crippen LogP contribution is -2.33. The quantitative estimate of drug-likeness (QED) is 0.595. The van der Waals surface area contributed by atoms with Gasteiger partial charge in [0.25, 0.3) is 0 Å². The van der Waals surface area contributed by atoms with E-state index < -0.39 is 31.1 Å².